The Kier molecular flexibility index (Phi) is 4.24. The van der Waals surface area contributed by atoms with E-state index in [2.05, 4.69) is 0 Å². The lowest BCUT2D eigenvalue weighted by Crippen LogP contribution is -2.20. The molecule has 1 rings (SSSR count). The predicted octanol–water partition coefficient (Wildman–Crippen LogP) is 2.33. The zero-order chi connectivity index (χ0) is 11.4. The van der Waals surface area contributed by atoms with Crippen LogP contribution in [0.15, 0.2) is 18.2 Å². The Morgan fingerprint density at radius 3 is 2.87 bits per heavy atom. The van der Waals surface area contributed by atoms with Crippen LogP contribution in [0, 0.1) is 5.82 Å². The van der Waals surface area contributed by atoms with Gasteiger partial charge in [0.1, 0.15) is 11.6 Å². The normalized spacial score (nSPS) is 12.5. The van der Waals surface area contributed by atoms with Gasteiger partial charge in [-0.2, -0.15) is 0 Å². The minimum atomic E-state index is -0.497. The molecule has 1 aromatic carbocycles. The maximum Gasteiger partial charge on any atom is 0.142 e. The van der Waals surface area contributed by atoms with Gasteiger partial charge in [0.15, 0.2) is 0 Å². The number of Topliss-reactive ketones (excluding diaryl/α,β-unsaturated/α-hetero) is 1. The molecule has 1 unspecified atom stereocenters. The van der Waals surface area contributed by atoms with E-state index in [-0.39, 0.29) is 29.7 Å². The summed E-state index contributed by atoms with van der Waals surface area (Å²) >= 11 is 5.72. The minimum Gasteiger partial charge on any atom is -0.328 e. The lowest BCUT2D eigenvalue weighted by molar-refractivity contribution is -0.118. The first-order valence-electron chi connectivity index (χ1n) is 4.71. The molecule has 0 aliphatic rings. The molecule has 0 bridgehead atoms. The number of nitrogens with two attached hydrogens (primary N) is 1. The molecule has 0 saturated carbocycles. The highest BCUT2D eigenvalue weighted by Gasteiger charge is 2.11. The van der Waals surface area contributed by atoms with Gasteiger partial charge in [-0.25, -0.2) is 4.39 Å². The molecule has 2 nitrogen and oxygen atoms in total. The highest BCUT2D eigenvalue weighted by molar-refractivity contribution is 6.31. The number of ketones is 1. The SMILES string of the molecule is CC(N)CC(=O)Cc1cccc(F)c1Cl. The monoisotopic (exact) mass is 229 g/mol. The van der Waals surface area contributed by atoms with Crippen LogP contribution in [0.1, 0.15) is 18.9 Å². The number of hydrogen-bond acceptors (Lipinski definition) is 2. The van der Waals surface area contributed by atoms with E-state index in [0.29, 0.717) is 5.56 Å². The van der Waals surface area contributed by atoms with Gasteiger partial charge in [0, 0.05) is 18.9 Å². The molecular formula is C11H13ClFNO. The molecule has 15 heavy (non-hydrogen) atoms. The number of carbonyl (C=O) groups excluding carboxylic acids is 1. The van der Waals surface area contributed by atoms with E-state index in [0.717, 1.165) is 0 Å². The number of carbonyl (C=O) groups is 1. The van der Waals surface area contributed by atoms with Crippen LogP contribution in [0.25, 0.3) is 0 Å². The summed E-state index contributed by atoms with van der Waals surface area (Å²) in [7, 11) is 0. The van der Waals surface area contributed by atoms with Crippen LogP contribution in [-0.2, 0) is 11.2 Å². The van der Waals surface area contributed by atoms with Crippen molar-refractivity contribution in [2.45, 2.75) is 25.8 Å². The van der Waals surface area contributed by atoms with E-state index in [1.807, 2.05) is 0 Å². The fourth-order valence-corrected chi connectivity index (χ4v) is 1.52. The van der Waals surface area contributed by atoms with E-state index in [1.54, 1.807) is 13.0 Å². The van der Waals surface area contributed by atoms with Crippen LogP contribution in [0.2, 0.25) is 5.02 Å². The smallest absolute Gasteiger partial charge is 0.142 e. The summed E-state index contributed by atoms with van der Waals surface area (Å²) in [4.78, 5) is 11.4. The number of hydrogen-bond donors (Lipinski definition) is 1. The number of benzene rings is 1. The van der Waals surface area contributed by atoms with Crippen LogP contribution in [0.4, 0.5) is 4.39 Å². The highest BCUT2D eigenvalue weighted by atomic mass is 35.5. The van der Waals surface area contributed by atoms with Crippen LogP contribution in [0.3, 0.4) is 0 Å². The van der Waals surface area contributed by atoms with Crippen molar-refractivity contribution in [3.63, 3.8) is 0 Å². The second-order valence-electron chi connectivity index (χ2n) is 3.61. The molecule has 0 radical (unpaired) electrons. The first-order valence-corrected chi connectivity index (χ1v) is 5.08. The van der Waals surface area contributed by atoms with E-state index < -0.39 is 5.82 Å². The maximum atomic E-state index is 13.0. The third-order valence-electron chi connectivity index (χ3n) is 1.97. The number of rotatable bonds is 4. The van der Waals surface area contributed by atoms with E-state index in [4.69, 9.17) is 17.3 Å². The van der Waals surface area contributed by atoms with Crippen molar-refractivity contribution in [3.05, 3.63) is 34.6 Å². The molecule has 1 atom stereocenters. The van der Waals surface area contributed by atoms with Gasteiger partial charge < -0.3 is 5.73 Å². The summed E-state index contributed by atoms with van der Waals surface area (Å²) in [5, 5.41) is 0.0236. The van der Waals surface area contributed by atoms with Gasteiger partial charge in [-0.05, 0) is 18.6 Å². The molecule has 0 saturated heterocycles. The Balaban J connectivity index is 2.73. The van der Waals surface area contributed by atoms with E-state index >= 15 is 0 Å². The van der Waals surface area contributed by atoms with Gasteiger partial charge in [-0.3, -0.25) is 4.79 Å². The molecule has 1 aromatic rings. The fraction of sp³-hybridized carbons (Fsp3) is 0.364. The summed E-state index contributed by atoms with van der Waals surface area (Å²) in [6, 6.07) is 4.27. The lowest BCUT2D eigenvalue weighted by Gasteiger charge is -2.06. The summed E-state index contributed by atoms with van der Waals surface area (Å²) in [6.45, 7) is 1.76. The topological polar surface area (TPSA) is 43.1 Å². The molecule has 0 aliphatic heterocycles. The summed E-state index contributed by atoms with van der Waals surface area (Å²) in [6.07, 6.45) is 0.422. The summed E-state index contributed by atoms with van der Waals surface area (Å²) < 4.78 is 13.0. The Labute approximate surface area is 93.2 Å². The van der Waals surface area contributed by atoms with Crippen molar-refractivity contribution >= 4 is 17.4 Å². The average Bonchev–Trinajstić information content (AvgIpc) is 2.11. The Morgan fingerprint density at radius 1 is 1.60 bits per heavy atom. The predicted molar refractivity (Wildman–Crippen MR) is 58.4 cm³/mol. The van der Waals surface area contributed by atoms with Crippen molar-refractivity contribution in [1.29, 1.82) is 0 Å². The van der Waals surface area contributed by atoms with Gasteiger partial charge in [0.05, 0.1) is 5.02 Å². The first kappa shape index (κ1) is 12.1. The number of halogens is 2. The second kappa shape index (κ2) is 5.24. The molecular weight excluding hydrogens is 217 g/mol. The van der Waals surface area contributed by atoms with Crippen molar-refractivity contribution in [3.8, 4) is 0 Å². The molecule has 0 amide bonds. The van der Waals surface area contributed by atoms with Crippen LogP contribution < -0.4 is 5.73 Å². The zero-order valence-corrected chi connectivity index (χ0v) is 9.22. The molecule has 0 heterocycles. The van der Waals surface area contributed by atoms with Crippen molar-refractivity contribution < 1.29 is 9.18 Å². The van der Waals surface area contributed by atoms with E-state index in [9.17, 15) is 9.18 Å². The van der Waals surface area contributed by atoms with E-state index in [1.165, 1.54) is 12.1 Å². The minimum absolute atomic E-state index is 0.0236. The standard InChI is InChI=1S/C11H13ClFNO/c1-7(14)5-9(15)6-8-3-2-4-10(13)11(8)12/h2-4,7H,5-6,14H2,1H3. The molecule has 0 fully saturated rings. The molecule has 2 N–H and O–H groups in total. The van der Waals surface area contributed by atoms with Gasteiger partial charge >= 0.3 is 0 Å². The zero-order valence-electron chi connectivity index (χ0n) is 8.47. The van der Waals surface area contributed by atoms with Crippen LogP contribution >= 0.6 is 11.6 Å². The van der Waals surface area contributed by atoms with Gasteiger partial charge in [-0.15, -0.1) is 0 Å². The maximum absolute atomic E-state index is 13.0. The molecule has 4 heteroatoms. The average molecular weight is 230 g/mol. The van der Waals surface area contributed by atoms with Crippen molar-refractivity contribution in [2.24, 2.45) is 5.73 Å². The summed E-state index contributed by atoms with van der Waals surface area (Å²) in [5.74, 6) is -0.528. The van der Waals surface area contributed by atoms with Crippen LogP contribution in [-0.4, -0.2) is 11.8 Å². The third-order valence-corrected chi connectivity index (χ3v) is 2.39. The Morgan fingerprint density at radius 2 is 2.27 bits per heavy atom. The van der Waals surface area contributed by atoms with Crippen LogP contribution in [0.5, 0.6) is 0 Å². The second-order valence-corrected chi connectivity index (χ2v) is 3.99. The molecule has 0 aromatic heterocycles. The lowest BCUT2D eigenvalue weighted by atomic mass is 10.0. The third kappa shape index (κ3) is 3.61. The Hall–Kier alpha value is -0.930. The molecule has 0 spiro atoms. The molecule has 82 valence electrons. The first-order chi connectivity index (χ1) is 7.00. The molecule has 0 aliphatic carbocycles. The van der Waals surface area contributed by atoms with Gasteiger partial charge in [-0.1, -0.05) is 23.7 Å². The van der Waals surface area contributed by atoms with Gasteiger partial charge in [0.25, 0.3) is 0 Å². The Bertz CT molecular complexity index is 366. The highest BCUT2D eigenvalue weighted by Crippen LogP contribution is 2.20. The van der Waals surface area contributed by atoms with Crippen molar-refractivity contribution in [2.75, 3.05) is 0 Å². The fourth-order valence-electron chi connectivity index (χ4n) is 1.33. The van der Waals surface area contributed by atoms with Gasteiger partial charge in [0.2, 0.25) is 0 Å². The largest absolute Gasteiger partial charge is 0.328 e. The summed E-state index contributed by atoms with van der Waals surface area (Å²) in [5.41, 5.74) is 6.00. The van der Waals surface area contributed by atoms with Crippen molar-refractivity contribution in [1.82, 2.24) is 0 Å². The quantitative estimate of drug-likeness (QED) is 0.861.